The Balaban J connectivity index is 2.91. The molecule has 4 heteroatoms. The number of carbonyl (C=O) groups is 2. The molecule has 0 spiro atoms. The molecule has 0 unspecified atom stereocenters. The molecule has 0 bridgehead atoms. The average molecular weight is 225 g/mol. The van der Waals surface area contributed by atoms with Gasteiger partial charge in [-0.15, -0.1) is 0 Å². The lowest BCUT2D eigenvalue weighted by Gasteiger charge is -2.31. The number of nitrogens with zero attached hydrogens (tertiary/aromatic N) is 1. The first-order chi connectivity index (χ1) is 7.04. The monoisotopic (exact) mass is 225 g/mol. The lowest BCUT2D eigenvalue weighted by atomic mass is 10.0. The molecule has 1 aliphatic rings. The highest BCUT2D eigenvalue weighted by Gasteiger charge is 2.46. The summed E-state index contributed by atoms with van der Waals surface area (Å²) in [5.41, 5.74) is -0.690. The van der Waals surface area contributed by atoms with Crippen LogP contribution in [-0.2, 0) is 9.53 Å². The number of imide groups is 1. The largest absolute Gasteiger partial charge is 0.443 e. The van der Waals surface area contributed by atoms with Gasteiger partial charge in [-0.1, -0.05) is 6.58 Å². The van der Waals surface area contributed by atoms with Crippen LogP contribution in [0.25, 0.3) is 0 Å². The van der Waals surface area contributed by atoms with E-state index in [2.05, 4.69) is 6.58 Å². The third-order valence-corrected chi connectivity index (χ3v) is 2.33. The summed E-state index contributed by atoms with van der Waals surface area (Å²) < 4.78 is 5.20. The summed E-state index contributed by atoms with van der Waals surface area (Å²) in [6, 6.07) is 0. The molecule has 0 atom stereocenters. The Morgan fingerprint density at radius 1 is 1.44 bits per heavy atom. The summed E-state index contributed by atoms with van der Waals surface area (Å²) in [4.78, 5) is 24.8. The first-order valence-corrected chi connectivity index (χ1v) is 5.30. The topological polar surface area (TPSA) is 46.6 Å². The number of carbonyl (C=O) groups excluding carboxylic acids is 2. The zero-order chi connectivity index (χ0) is 12.7. The SMILES string of the molecule is C=C1CC(C)(C)N(C(=O)OC(C)(C)C)C1=O. The maximum atomic E-state index is 11.9. The lowest BCUT2D eigenvalue weighted by Crippen LogP contribution is -2.47. The van der Waals surface area contributed by atoms with E-state index < -0.39 is 17.2 Å². The van der Waals surface area contributed by atoms with E-state index in [0.717, 1.165) is 4.90 Å². The molecule has 1 saturated heterocycles. The molecule has 0 aliphatic carbocycles. The van der Waals surface area contributed by atoms with Crippen molar-refractivity contribution in [2.75, 3.05) is 0 Å². The van der Waals surface area contributed by atoms with Crippen molar-refractivity contribution in [3.05, 3.63) is 12.2 Å². The molecule has 0 aromatic carbocycles. The van der Waals surface area contributed by atoms with Crippen LogP contribution >= 0.6 is 0 Å². The average Bonchev–Trinajstić information content (AvgIpc) is 2.16. The fourth-order valence-corrected chi connectivity index (χ4v) is 1.75. The minimum Gasteiger partial charge on any atom is -0.443 e. The minimum absolute atomic E-state index is 0.334. The molecular weight excluding hydrogens is 206 g/mol. The van der Waals surface area contributed by atoms with Crippen molar-refractivity contribution in [1.29, 1.82) is 0 Å². The Kier molecular flexibility index (Phi) is 2.88. The van der Waals surface area contributed by atoms with E-state index in [0.29, 0.717) is 12.0 Å². The van der Waals surface area contributed by atoms with Crippen LogP contribution in [0, 0.1) is 0 Å². The summed E-state index contributed by atoms with van der Waals surface area (Å²) in [6.07, 6.45) is -0.105. The highest BCUT2D eigenvalue weighted by molar-refractivity contribution is 6.05. The van der Waals surface area contributed by atoms with Crippen LogP contribution in [0.1, 0.15) is 41.0 Å². The zero-order valence-corrected chi connectivity index (χ0v) is 10.6. The van der Waals surface area contributed by atoms with E-state index in [1.165, 1.54) is 0 Å². The van der Waals surface area contributed by atoms with Crippen molar-refractivity contribution in [2.45, 2.75) is 52.2 Å². The van der Waals surface area contributed by atoms with Crippen molar-refractivity contribution in [1.82, 2.24) is 4.90 Å². The van der Waals surface area contributed by atoms with E-state index in [4.69, 9.17) is 4.74 Å². The first-order valence-electron chi connectivity index (χ1n) is 5.30. The van der Waals surface area contributed by atoms with Gasteiger partial charge in [0.15, 0.2) is 0 Å². The first kappa shape index (κ1) is 12.7. The second-order valence-corrected chi connectivity index (χ2v) is 5.71. The van der Waals surface area contributed by atoms with Crippen LogP contribution in [0.2, 0.25) is 0 Å². The predicted molar refractivity (Wildman–Crippen MR) is 60.9 cm³/mol. The molecule has 0 radical (unpaired) electrons. The van der Waals surface area contributed by atoms with Gasteiger partial charge < -0.3 is 4.74 Å². The maximum Gasteiger partial charge on any atom is 0.417 e. The molecule has 1 rings (SSSR count). The third kappa shape index (κ3) is 2.43. The molecule has 0 N–H and O–H groups in total. The molecule has 4 nitrogen and oxygen atoms in total. The van der Waals surface area contributed by atoms with Crippen LogP contribution in [0.4, 0.5) is 4.79 Å². The highest BCUT2D eigenvalue weighted by Crippen LogP contribution is 2.33. The van der Waals surface area contributed by atoms with Gasteiger partial charge in [0.05, 0.1) is 5.54 Å². The van der Waals surface area contributed by atoms with Gasteiger partial charge in [-0.2, -0.15) is 0 Å². The molecule has 90 valence electrons. The molecule has 1 fully saturated rings. The Bertz CT molecular complexity index is 350. The van der Waals surface area contributed by atoms with Crippen molar-refractivity contribution in [3.8, 4) is 0 Å². The van der Waals surface area contributed by atoms with Crippen LogP contribution < -0.4 is 0 Å². The molecule has 0 aromatic rings. The number of likely N-dealkylation sites (tertiary alicyclic amines) is 1. The second kappa shape index (κ2) is 3.61. The van der Waals surface area contributed by atoms with Crippen LogP contribution in [0.15, 0.2) is 12.2 Å². The summed E-state index contributed by atoms with van der Waals surface area (Å²) in [5, 5.41) is 0. The Hall–Kier alpha value is -1.32. The molecule has 0 aromatic heterocycles. The number of amides is 2. The summed E-state index contributed by atoms with van der Waals surface area (Å²) in [6.45, 7) is 12.6. The van der Waals surface area contributed by atoms with Gasteiger partial charge in [-0.05, 0) is 34.6 Å². The van der Waals surface area contributed by atoms with Crippen LogP contribution in [-0.4, -0.2) is 28.0 Å². The zero-order valence-electron chi connectivity index (χ0n) is 10.6. The highest BCUT2D eigenvalue weighted by atomic mass is 16.6. The molecular formula is C12H19NO3. The number of hydrogen-bond donors (Lipinski definition) is 0. The van der Waals surface area contributed by atoms with Crippen molar-refractivity contribution in [3.63, 3.8) is 0 Å². The molecule has 16 heavy (non-hydrogen) atoms. The van der Waals surface area contributed by atoms with Crippen LogP contribution in [0.3, 0.4) is 0 Å². The number of rotatable bonds is 0. The number of hydrogen-bond acceptors (Lipinski definition) is 3. The minimum atomic E-state index is -0.600. The fourth-order valence-electron chi connectivity index (χ4n) is 1.75. The van der Waals surface area contributed by atoms with E-state index >= 15 is 0 Å². The van der Waals surface area contributed by atoms with Crippen molar-refractivity contribution in [2.24, 2.45) is 0 Å². The summed E-state index contributed by atoms with van der Waals surface area (Å²) in [7, 11) is 0. The summed E-state index contributed by atoms with van der Waals surface area (Å²) in [5.74, 6) is -0.334. The van der Waals surface area contributed by atoms with Gasteiger partial charge >= 0.3 is 6.09 Å². The van der Waals surface area contributed by atoms with Crippen LogP contribution in [0.5, 0.6) is 0 Å². The van der Waals surface area contributed by atoms with Gasteiger partial charge in [-0.3, -0.25) is 4.79 Å². The molecule has 1 aliphatic heterocycles. The van der Waals surface area contributed by atoms with Crippen molar-refractivity contribution >= 4 is 12.0 Å². The molecule has 1 heterocycles. The fraction of sp³-hybridized carbons (Fsp3) is 0.667. The Morgan fingerprint density at radius 2 is 1.94 bits per heavy atom. The third-order valence-electron chi connectivity index (χ3n) is 2.33. The van der Waals surface area contributed by atoms with E-state index in [-0.39, 0.29) is 5.91 Å². The predicted octanol–water partition coefficient (Wildman–Crippen LogP) is 2.49. The smallest absolute Gasteiger partial charge is 0.417 e. The van der Waals surface area contributed by atoms with Gasteiger partial charge in [0, 0.05) is 12.0 Å². The lowest BCUT2D eigenvalue weighted by molar-refractivity contribution is -0.127. The van der Waals surface area contributed by atoms with Gasteiger partial charge in [0.1, 0.15) is 5.60 Å². The number of ether oxygens (including phenoxy) is 1. The maximum absolute atomic E-state index is 11.9. The van der Waals surface area contributed by atoms with E-state index in [1.807, 2.05) is 13.8 Å². The Morgan fingerprint density at radius 3 is 2.25 bits per heavy atom. The normalized spacial score (nSPS) is 20.2. The van der Waals surface area contributed by atoms with Gasteiger partial charge in [0.2, 0.25) is 0 Å². The Labute approximate surface area is 96.3 Å². The van der Waals surface area contributed by atoms with E-state index in [9.17, 15) is 9.59 Å². The second-order valence-electron chi connectivity index (χ2n) is 5.71. The van der Waals surface area contributed by atoms with E-state index in [1.54, 1.807) is 20.8 Å². The quantitative estimate of drug-likeness (QED) is 0.595. The van der Waals surface area contributed by atoms with Crippen molar-refractivity contribution < 1.29 is 14.3 Å². The summed E-state index contributed by atoms with van der Waals surface area (Å²) >= 11 is 0. The van der Waals surface area contributed by atoms with Gasteiger partial charge in [0.25, 0.3) is 5.91 Å². The van der Waals surface area contributed by atoms with Gasteiger partial charge in [-0.25, -0.2) is 9.69 Å². The standard InChI is InChI=1S/C12H19NO3/c1-8-7-12(5,6)13(9(8)14)10(15)16-11(2,3)4/h1,7H2,2-6H3. The molecule has 2 amide bonds. The molecule has 0 saturated carbocycles.